The molecule has 0 radical (unpaired) electrons. The van der Waals surface area contributed by atoms with E-state index in [4.69, 9.17) is 0 Å². The van der Waals surface area contributed by atoms with Crippen LogP contribution in [0.15, 0.2) is 18.3 Å². The zero-order valence-corrected chi connectivity index (χ0v) is 9.71. The van der Waals surface area contributed by atoms with Crippen molar-refractivity contribution in [3.8, 4) is 0 Å². The largest absolute Gasteiger partial charge is 0.350 e. The number of nitrogens with one attached hydrogen (secondary N) is 1. The molecule has 1 N–H and O–H groups in total. The molecule has 0 bridgehead atoms. The number of aromatic nitrogens is 1. The van der Waals surface area contributed by atoms with Crippen LogP contribution < -0.4 is 5.32 Å². The van der Waals surface area contributed by atoms with Crippen LogP contribution in [0.4, 0.5) is 0 Å². The van der Waals surface area contributed by atoms with E-state index in [0.717, 1.165) is 19.0 Å². The maximum atomic E-state index is 3.40. The highest BCUT2D eigenvalue weighted by atomic mass is 15.0. The maximum Gasteiger partial charge on any atom is 0.0359 e. The second-order valence-corrected chi connectivity index (χ2v) is 4.58. The molecule has 2 heteroatoms. The molecule has 15 heavy (non-hydrogen) atoms. The molecule has 84 valence electrons. The molecule has 1 aliphatic carbocycles. The molecule has 1 heterocycles. The van der Waals surface area contributed by atoms with Crippen LogP contribution in [0, 0.1) is 5.92 Å². The monoisotopic (exact) mass is 206 g/mol. The second-order valence-electron chi connectivity index (χ2n) is 4.58. The van der Waals surface area contributed by atoms with E-state index in [-0.39, 0.29) is 0 Å². The molecule has 0 aromatic carbocycles. The van der Waals surface area contributed by atoms with E-state index >= 15 is 0 Å². The predicted octanol–water partition coefficient (Wildman–Crippen LogP) is 2.79. The quantitative estimate of drug-likeness (QED) is 0.784. The van der Waals surface area contributed by atoms with E-state index in [1.807, 2.05) is 0 Å². The van der Waals surface area contributed by atoms with Crippen molar-refractivity contribution in [3.05, 3.63) is 24.0 Å². The molecule has 1 saturated carbocycles. The zero-order valence-electron chi connectivity index (χ0n) is 9.71. The lowest BCUT2D eigenvalue weighted by atomic mass is 10.1. The average molecular weight is 206 g/mol. The van der Waals surface area contributed by atoms with E-state index in [1.54, 1.807) is 0 Å². The first-order chi connectivity index (χ1) is 7.40. The van der Waals surface area contributed by atoms with Gasteiger partial charge in [-0.25, -0.2) is 0 Å². The summed E-state index contributed by atoms with van der Waals surface area (Å²) in [6, 6.07) is 4.40. The summed E-state index contributed by atoms with van der Waals surface area (Å²) in [5.74, 6) is 0.928. The van der Waals surface area contributed by atoms with Gasteiger partial charge in [0.2, 0.25) is 0 Å². The minimum absolute atomic E-state index is 0.928. The molecule has 0 aliphatic heterocycles. The van der Waals surface area contributed by atoms with E-state index < -0.39 is 0 Å². The van der Waals surface area contributed by atoms with Gasteiger partial charge in [0.25, 0.3) is 0 Å². The third-order valence-corrected chi connectivity index (χ3v) is 3.41. The lowest BCUT2D eigenvalue weighted by Gasteiger charge is -2.14. The number of rotatable bonds is 5. The van der Waals surface area contributed by atoms with Crippen molar-refractivity contribution < 1.29 is 0 Å². The molecule has 1 aromatic rings. The first-order valence-electron chi connectivity index (χ1n) is 6.25. The molecule has 1 fully saturated rings. The molecular weight excluding hydrogens is 184 g/mol. The van der Waals surface area contributed by atoms with Crippen molar-refractivity contribution >= 4 is 0 Å². The van der Waals surface area contributed by atoms with Gasteiger partial charge in [-0.05, 0) is 37.4 Å². The predicted molar refractivity (Wildman–Crippen MR) is 63.8 cm³/mol. The third-order valence-electron chi connectivity index (χ3n) is 3.41. The van der Waals surface area contributed by atoms with E-state index in [0.29, 0.717) is 0 Å². The van der Waals surface area contributed by atoms with Gasteiger partial charge >= 0.3 is 0 Å². The Morgan fingerprint density at radius 3 is 2.93 bits per heavy atom. The Bertz CT molecular complexity index is 284. The Hall–Kier alpha value is -0.760. The van der Waals surface area contributed by atoms with Gasteiger partial charge in [0.1, 0.15) is 0 Å². The summed E-state index contributed by atoms with van der Waals surface area (Å²) < 4.78 is 2.43. The SMILES string of the molecule is CCNCc1cccn1CC1CCCC1. The lowest BCUT2D eigenvalue weighted by molar-refractivity contribution is 0.446. The van der Waals surface area contributed by atoms with Gasteiger partial charge in [-0.2, -0.15) is 0 Å². The smallest absolute Gasteiger partial charge is 0.0359 e. The highest BCUT2D eigenvalue weighted by Gasteiger charge is 2.15. The van der Waals surface area contributed by atoms with Crippen LogP contribution in [0.2, 0.25) is 0 Å². The molecule has 0 spiro atoms. The van der Waals surface area contributed by atoms with Crippen molar-refractivity contribution in [2.75, 3.05) is 6.54 Å². The van der Waals surface area contributed by atoms with Crippen molar-refractivity contribution in [1.82, 2.24) is 9.88 Å². The van der Waals surface area contributed by atoms with Crippen molar-refractivity contribution in [2.45, 2.75) is 45.7 Å². The van der Waals surface area contributed by atoms with Gasteiger partial charge in [-0.3, -0.25) is 0 Å². The Morgan fingerprint density at radius 2 is 2.20 bits per heavy atom. The molecule has 0 amide bonds. The van der Waals surface area contributed by atoms with Crippen molar-refractivity contribution in [3.63, 3.8) is 0 Å². The van der Waals surface area contributed by atoms with Crippen LogP contribution in [0.5, 0.6) is 0 Å². The highest BCUT2D eigenvalue weighted by molar-refractivity contribution is 5.07. The fraction of sp³-hybridized carbons (Fsp3) is 0.692. The number of hydrogen-bond acceptors (Lipinski definition) is 1. The van der Waals surface area contributed by atoms with Crippen LogP contribution in [0.25, 0.3) is 0 Å². The Labute approximate surface area is 92.7 Å². The van der Waals surface area contributed by atoms with E-state index in [1.165, 1.54) is 37.9 Å². The minimum Gasteiger partial charge on any atom is -0.350 e. The summed E-state index contributed by atoms with van der Waals surface area (Å²) >= 11 is 0. The summed E-state index contributed by atoms with van der Waals surface area (Å²) in [4.78, 5) is 0. The van der Waals surface area contributed by atoms with Gasteiger partial charge < -0.3 is 9.88 Å². The lowest BCUT2D eigenvalue weighted by Crippen LogP contribution is -2.17. The Balaban J connectivity index is 1.91. The van der Waals surface area contributed by atoms with Gasteiger partial charge in [0.15, 0.2) is 0 Å². The highest BCUT2D eigenvalue weighted by Crippen LogP contribution is 2.26. The molecule has 2 rings (SSSR count). The standard InChI is InChI=1S/C13H22N2/c1-2-14-10-13-8-5-9-15(13)11-12-6-3-4-7-12/h5,8-9,12,14H,2-4,6-7,10-11H2,1H3. The topological polar surface area (TPSA) is 17.0 Å². The summed E-state index contributed by atoms with van der Waals surface area (Å²) in [5, 5.41) is 3.40. The van der Waals surface area contributed by atoms with Crippen LogP contribution >= 0.6 is 0 Å². The summed E-state index contributed by atoms with van der Waals surface area (Å²) in [6.07, 6.45) is 7.96. The molecule has 1 aliphatic rings. The fourth-order valence-corrected chi connectivity index (χ4v) is 2.51. The molecular formula is C13H22N2. The normalized spacial score (nSPS) is 17.4. The van der Waals surface area contributed by atoms with Crippen molar-refractivity contribution in [2.24, 2.45) is 5.92 Å². The van der Waals surface area contributed by atoms with Crippen molar-refractivity contribution in [1.29, 1.82) is 0 Å². The van der Waals surface area contributed by atoms with E-state index in [2.05, 4.69) is 35.1 Å². The Kier molecular flexibility index (Phi) is 3.84. The van der Waals surface area contributed by atoms with Gasteiger partial charge in [-0.1, -0.05) is 19.8 Å². The first-order valence-corrected chi connectivity index (χ1v) is 6.25. The summed E-state index contributed by atoms with van der Waals surface area (Å²) in [5.41, 5.74) is 1.43. The first kappa shape index (κ1) is 10.7. The third kappa shape index (κ3) is 2.85. The fourth-order valence-electron chi connectivity index (χ4n) is 2.51. The Morgan fingerprint density at radius 1 is 1.40 bits per heavy atom. The van der Waals surface area contributed by atoms with Crippen LogP contribution in [-0.4, -0.2) is 11.1 Å². The molecule has 0 saturated heterocycles. The van der Waals surface area contributed by atoms with Crippen LogP contribution in [0.1, 0.15) is 38.3 Å². The second kappa shape index (κ2) is 5.36. The van der Waals surface area contributed by atoms with Crippen LogP contribution in [-0.2, 0) is 13.1 Å². The average Bonchev–Trinajstić information content (AvgIpc) is 2.87. The van der Waals surface area contributed by atoms with E-state index in [9.17, 15) is 0 Å². The van der Waals surface area contributed by atoms with Crippen LogP contribution in [0.3, 0.4) is 0 Å². The minimum atomic E-state index is 0.928. The van der Waals surface area contributed by atoms with Gasteiger partial charge in [-0.15, -0.1) is 0 Å². The molecule has 1 aromatic heterocycles. The number of hydrogen-bond donors (Lipinski definition) is 1. The molecule has 0 atom stereocenters. The van der Waals surface area contributed by atoms with Gasteiger partial charge in [0, 0.05) is 25.0 Å². The molecule has 0 unspecified atom stereocenters. The summed E-state index contributed by atoms with van der Waals surface area (Å²) in [6.45, 7) is 5.45. The zero-order chi connectivity index (χ0) is 10.5. The summed E-state index contributed by atoms with van der Waals surface area (Å²) in [7, 11) is 0. The van der Waals surface area contributed by atoms with Gasteiger partial charge in [0.05, 0.1) is 0 Å². The molecule has 2 nitrogen and oxygen atoms in total. The number of nitrogens with zero attached hydrogens (tertiary/aromatic N) is 1. The maximum absolute atomic E-state index is 3.40.